The summed E-state index contributed by atoms with van der Waals surface area (Å²) in [5, 5.41) is 16.4. The van der Waals surface area contributed by atoms with Crippen molar-refractivity contribution < 1.29 is 19.1 Å². The van der Waals surface area contributed by atoms with E-state index in [1.807, 2.05) is 18.2 Å². The lowest BCUT2D eigenvalue weighted by Crippen LogP contribution is -2.19. The Bertz CT molecular complexity index is 1040. The molecule has 1 aromatic heterocycles. The van der Waals surface area contributed by atoms with Gasteiger partial charge >= 0.3 is 6.03 Å². The molecular weight excluding hydrogens is 426 g/mol. The molecule has 9 nitrogen and oxygen atoms in total. The van der Waals surface area contributed by atoms with Crippen molar-refractivity contribution in [2.75, 3.05) is 34.9 Å². The van der Waals surface area contributed by atoms with Crippen molar-refractivity contribution in [3.63, 3.8) is 0 Å². The highest BCUT2D eigenvalue weighted by Gasteiger charge is 2.14. The van der Waals surface area contributed by atoms with Crippen LogP contribution in [0.5, 0.6) is 11.5 Å². The highest BCUT2D eigenvalue weighted by Crippen LogP contribution is 2.33. The van der Waals surface area contributed by atoms with E-state index in [4.69, 9.17) is 9.47 Å². The summed E-state index contributed by atoms with van der Waals surface area (Å²) < 4.78 is 11.5. The largest absolute Gasteiger partial charge is 0.486 e. The van der Waals surface area contributed by atoms with Crippen molar-refractivity contribution in [2.24, 2.45) is 0 Å². The third-order valence-electron chi connectivity index (χ3n) is 3.81. The molecule has 2 aromatic carbocycles. The maximum atomic E-state index is 12.2. The molecule has 0 bridgehead atoms. The minimum atomic E-state index is -0.412. The number of thioether (sulfide) groups is 1. The van der Waals surface area contributed by atoms with Crippen LogP contribution in [0.2, 0.25) is 0 Å². The molecule has 3 aromatic rings. The van der Waals surface area contributed by atoms with Gasteiger partial charge in [-0.15, -0.1) is 10.2 Å². The number of fused-ring (bicyclic) bond motifs is 1. The summed E-state index contributed by atoms with van der Waals surface area (Å²) in [6.07, 6.45) is 0. The molecule has 0 aliphatic carbocycles. The van der Waals surface area contributed by atoms with E-state index in [-0.39, 0.29) is 11.7 Å². The minimum Gasteiger partial charge on any atom is -0.486 e. The fraction of sp³-hybridized carbons (Fsp3) is 0.158. The Kier molecular flexibility index (Phi) is 6.30. The van der Waals surface area contributed by atoms with Crippen LogP contribution in [0.3, 0.4) is 0 Å². The van der Waals surface area contributed by atoms with Crippen LogP contribution >= 0.6 is 23.1 Å². The number of benzene rings is 2. The van der Waals surface area contributed by atoms with Crippen LogP contribution in [0.4, 0.5) is 21.3 Å². The lowest BCUT2D eigenvalue weighted by atomic mass is 10.2. The van der Waals surface area contributed by atoms with Gasteiger partial charge in [-0.05, 0) is 24.3 Å². The van der Waals surface area contributed by atoms with Crippen LogP contribution in [-0.4, -0.2) is 41.1 Å². The molecule has 0 fully saturated rings. The van der Waals surface area contributed by atoms with Gasteiger partial charge in [0.25, 0.3) is 0 Å². The Morgan fingerprint density at radius 3 is 2.57 bits per heavy atom. The normalized spacial score (nSPS) is 12.1. The number of anilines is 3. The average Bonchev–Trinajstić information content (AvgIpc) is 3.20. The molecule has 0 radical (unpaired) electrons. The zero-order valence-electron chi connectivity index (χ0n) is 15.6. The maximum absolute atomic E-state index is 12.2. The van der Waals surface area contributed by atoms with Gasteiger partial charge in [-0.2, -0.15) is 0 Å². The van der Waals surface area contributed by atoms with Crippen LogP contribution < -0.4 is 25.4 Å². The number of para-hydroxylation sites is 1. The van der Waals surface area contributed by atoms with Gasteiger partial charge in [0, 0.05) is 17.4 Å². The maximum Gasteiger partial charge on any atom is 0.325 e. The van der Waals surface area contributed by atoms with Gasteiger partial charge < -0.3 is 20.1 Å². The highest BCUT2D eigenvalue weighted by molar-refractivity contribution is 8.01. The molecule has 2 heterocycles. The van der Waals surface area contributed by atoms with Gasteiger partial charge in [-0.3, -0.25) is 10.1 Å². The van der Waals surface area contributed by atoms with Crippen molar-refractivity contribution in [1.82, 2.24) is 10.2 Å². The minimum absolute atomic E-state index is 0.152. The first-order chi connectivity index (χ1) is 14.7. The molecule has 0 atom stereocenters. The van der Waals surface area contributed by atoms with Crippen molar-refractivity contribution in [2.45, 2.75) is 4.34 Å². The molecule has 0 saturated carbocycles. The van der Waals surface area contributed by atoms with E-state index in [9.17, 15) is 9.59 Å². The van der Waals surface area contributed by atoms with Crippen LogP contribution in [-0.2, 0) is 4.79 Å². The number of nitrogens with zero attached hydrogens (tertiary/aromatic N) is 2. The van der Waals surface area contributed by atoms with Gasteiger partial charge in [0.15, 0.2) is 15.8 Å². The molecular formula is C19H17N5O4S2. The molecule has 1 aliphatic heterocycles. The molecule has 1 aliphatic rings. The van der Waals surface area contributed by atoms with E-state index in [1.54, 1.807) is 30.3 Å². The first-order valence-corrected chi connectivity index (χ1v) is 10.7. The van der Waals surface area contributed by atoms with Crippen LogP contribution in [0.1, 0.15) is 0 Å². The zero-order chi connectivity index (χ0) is 20.8. The summed E-state index contributed by atoms with van der Waals surface area (Å²) >= 11 is 2.42. The summed E-state index contributed by atoms with van der Waals surface area (Å²) in [6, 6.07) is 13.9. The van der Waals surface area contributed by atoms with Crippen molar-refractivity contribution in [3.05, 3.63) is 48.5 Å². The highest BCUT2D eigenvalue weighted by atomic mass is 32.2. The van der Waals surface area contributed by atoms with Crippen LogP contribution in [0.15, 0.2) is 52.9 Å². The monoisotopic (exact) mass is 443 g/mol. The number of amides is 3. The number of hydrogen-bond donors (Lipinski definition) is 3. The lowest BCUT2D eigenvalue weighted by Gasteiger charge is -2.18. The fourth-order valence-electron chi connectivity index (χ4n) is 2.55. The zero-order valence-corrected chi connectivity index (χ0v) is 17.2. The molecule has 0 unspecified atom stereocenters. The molecule has 3 amide bonds. The van der Waals surface area contributed by atoms with E-state index >= 15 is 0 Å². The molecule has 0 spiro atoms. The van der Waals surface area contributed by atoms with Gasteiger partial charge in [0.1, 0.15) is 13.2 Å². The Balaban J connectivity index is 1.25. The van der Waals surface area contributed by atoms with Crippen LogP contribution in [0.25, 0.3) is 0 Å². The number of aromatic nitrogens is 2. The topological polar surface area (TPSA) is 114 Å². The summed E-state index contributed by atoms with van der Waals surface area (Å²) in [5.74, 6) is 1.24. The predicted octanol–water partition coefficient (Wildman–Crippen LogP) is 3.68. The van der Waals surface area contributed by atoms with E-state index in [2.05, 4.69) is 26.1 Å². The number of ether oxygens (including phenoxy) is 2. The third kappa shape index (κ3) is 5.39. The molecule has 30 heavy (non-hydrogen) atoms. The Hall–Kier alpha value is -3.31. The van der Waals surface area contributed by atoms with Gasteiger partial charge in [-0.1, -0.05) is 41.3 Å². The van der Waals surface area contributed by atoms with Gasteiger partial charge in [-0.25, -0.2) is 4.79 Å². The molecule has 4 rings (SSSR count). The number of nitrogens with one attached hydrogen (secondary N) is 3. The van der Waals surface area contributed by atoms with Gasteiger partial charge in [0.05, 0.1) is 5.75 Å². The Morgan fingerprint density at radius 1 is 0.933 bits per heavy atom. The standard InChI is InChI=1S/C19H17N5O4S2/c25-16(20-13-6-7-14-15(10-13)28-9-8-27-14)11-29-19-24-23-18(30-19)22-17(26)21-12-4-2-1-3-5-12/h1-7,10H,8-9,11H2,(H,20,25)(H2,21,22,23,26). The first-order valence-electron chi connectivity index (χ1n) is 8.94. The lowest BCUT2D eigenvalue weighted by molar-refractivity contribution is -0.113. The summed E-state index contributed by atoms with van der Waals surface area (Å²) in [6.45, 7) is 0.999. The van der Waals surface area contributed by atoms with E-state index in [1.165, 1.54) is 23.1 Å². The second-order valence-corrected chi connectivity index (χ2v) is 8.21. The number of urea groups is 1. The van der Waals surface area contributed by atoms with E-state index < -0.39 is 6.03 Å². The smallest absolute Gasteiger partial charge is 0.325 e. The Morgan fingerprint density at radius 2 is 1.73 bits per heavy atom. The number of carbonyl (C=O) groups is 2. The third-order valence-corrected chi connectivity index (χ3v) is 5.78. The molecule has 3 N–H and O–H groups in total. The van der Waals surface area contributed by atoms with Crippen molar-refractivity contribution in [3.8, 4) is 11.5 Å². The summed E-state index contributed by atoms with van der Waals surface area (Å²) in [5.41, 5.74) is 1.30. The fourth-order valence-corrected chi connectivity index (χ4v) is 4.09. The molecule has 11 heteroatoms. The quantitative estimate of drug-likeness (QED) is 0.393. The number of rotatable bonds is 6. The predicted molar refractivity (Wildman–Crippen MR) is 116 cm³/mol. The summed E-state index contributed by atoms with van der Waals surface area (Å²) in [7, 11) is 0. The van der Waals surface area contributed by atoms with Crippen molar-refractivity contribution >= 4 is 51.5 Å². The average molecular weight is 444 g/mol. The van der Waals surface area contributed by atoms with E-state index in [0.717, 1.165) is 0 Å². The summed E-state index contributed by atoms with van der Waals surface area (Å²) in [4.78, 5) is 24.2. The molecule has 0 saturated heterocycles. The van der Waals surface area contributed by atoms with Crippen molar-refractivity contribution in [1.29, 1.82) is 0 Å². The second-order valence-electron chi connectivity index (χ2n) is 6.01. The molecule has 154 valence electrons. The van der Waals surface area contributed by atoms with Crippen LogP contribution in [0, 0.1) is 0 Å². The number of hydrogen-bond acceptors (Lipinski definition) is 8. The van der Waals surface area contributed by atoms with E-state index in [0.29, 0.717) is 45.6 Å². The number of carbonyl (C=O) groups excluding carboxylic acids is 2. The Labute approximate surface area is 180 Å². The van der Waals surface area contributed by atoms with Gasteiger partial charge in [0.2, 0.25) is 11.0 Å². The first kappa shape index (κ1) is 20.0. The second kappa shape index (κ2) is 9.46. The SMILES string of the molecule is O=C(CSc1nnc(NC(=O)Nc2ccccc2)s1)Nc1ccc2c(c1)OCCO2.